The molecule has 0 spiro atoms. The molecule has 0 saturated heterocycles. The maximum Gasteiger partial charge on any atom is 0.252 e. The highest BCUT2D eigenvalue weighted by molar-refractivity contribution is 7.22. The van der Waals surface area contributed by atoms with Gasteiger partial charge in [0.25, 0.3) is 5.91 Å². The molecule has 1 aliphatic rings. The molecule has 2 heterocycles. The van der Waals surface area contributed by atoms with Crippen LogP contribution in [0.25, 0.3) is 10.2 Å². The maximum absolute atomic E-state index is 12.9. The zero-order valence-corrected chi connectivity index (χ0v) is 17.8. The molecule has 0 bridgehead atoms. The monoisotopic (exact) mass is 425 g/mol. The van der Waals surface area contributed by atoms with E-state index in [2.05, 4.69) is 15.6 Å². The summed E-state index contributed by atoms with van der Waals surface area (Å²) in [5, 5.41) is 6.17. The van der Waals surface area contributed by atoms with E-state index in [1.165, 1.54) is 11.3 Å². The second-order valence-electron chi connectivity index (χ2n) is 7.48. The topological polar surface area (TPSA) is 89.6 Å². The van der Waals surface area contributed by atoms with E-state index in [1.807, 2.05) is 45.0 Å². The highest BCUT2D eigenvalue weighted by atomic mass is 32.1. The van der Waals surface area contributed by atoms with Crippen molar-refractivity contribution in [2.45, 2.75) is 26.8 Å². The molecule has 2 aromatic carbocycles. The van der Waals surface area contributed by atoms with Gasteiger partial charge >= 0.3 is 0 Å². The predicted octanol–water partition coefficient (Wildman–Crippen LogP) is 3.77. The van der Waals surface area contributed by atoms with Crippen molar-refractivity contribution in [2.75, 3.05) is 18.5 Å². The van der Waals surface area contributed by atoms with E-state index in [1.54, 1.807) is 12.1 Å². The number of anilines is 1. The summed E-state index contributed by atoms with van der Waals surface area (Å²) in [7, 11) is 0. The van der Waals surface area contributed by atoms with Gasteiger partial charge in [0.05, 0.1) is 10.2 Å². The van der Waals surface area contributed by atoms with Crippen molar-refractivity contribution in [3.63, 3.8) is 0 Å². The highest BCUT2D eigenvalue weighted by Gasteiger charge is 2.26. The summed E-state index contributed by atoms with van der Waals surface area (Å²) in [4.78, 5) is 30.1. The van der Waals surface area contributed by atoms with Crippen LogP contribution in [0.5, 0.6) is 11.5 Å². The number of thiazole rings is 1. The minimum atomic E-state index is -0.691. The number of ether oxygens (including phenoxy) is 2. The van der Waals surface area contributed by atoms with Crippen molar-refractivity contribution in [2.24, 2.45) is 5.92 Å². The molecule has 0 fully saturated rings. The van der Waals surface area contributed by atoms with Crippen LogP contribution in [-0.2, 0) is 4.79 Å². The lowest BCUT2D eigenvalue weighted by atomic mass is 10.0. The van der Waals surface area contributed by atoms with Crippen LogP contribution in [0.4, 0.5) is 5.13 Å². The van der Waals surface area contributed by atoms with Crippen molar-refractivity contribution in [3.05, 3.63) is 47.5 Å². The first-order chi connectivity index (χ1) is 14.4. The van der Waals surface area contributed by atoms with Gasteiger partial charge in [-0.25, -0.2) is 4.98 Å². The fraction of sp³-hybridized carbons (Fsp3) is 0.318. The number of benzene rings is 2. The van der Waals surface area contributed by atoms with Crippen LogP contribution in [0, 0.1) is 12.8 Å². The standard InChI is InChI=1S/C22H23N3O4S/c1-12(2)19(24-20(26)14-7-5-4-6-13(14)3)21(27)25-22-23-15-10-16-17(11-18(15)30-22)29-9-8-28-16/h4-7,10-12,19H,8-9H2,1-3H3,(H,24,26)(H,23,25,27)/t19-/m1/s1. The third kappa shape index (κ3) is 4.09. The Hall–Kier alpha value is -3.13. The van der Waals surface area contributed by atoms with Gasteiger partial charge in [-0.05, 0) is 24.5 Å². The molecule has 1 aromatic heterocycles. The van der Waals surface area contributed by atoms with Crippen LogP contribution in [0.2, 0.25) is 0 Å². The largest absolute Gasteiger partial charge is 0.486 e. The maximum atomic E-state index is 12.9. The zero-order valence-electron chi connectivity index (χ0n) is 17.0. The number of carbonyl (C=O) groups excluding carboxylic acids is 2. The molecule has 7 nitrogen and oxygen atoms in total. The lowest BCUT2D eigenvalue weighted by molar-refractivity contribution is -0.118. The van der Waals surface area contributed by atoms with Gasteiger partial charge in [0, 0.05) is 17.7 Å². The molecule has 4 rings (SSSR count). The Balaban J connectivity index is 1.51. The van der Waals surface area contributed by atoms with Crippen molar-refractivity contribution in [3.8, 4) is 11.5 Å². The number of hydrogen-bond acceptors (Lipinski definition) is 6. The predicted molar refractivity (Wildman–Crippen MR) is 117 cm³/mol. The van der Waals surface area contributed by atoms with Crippen LogP contribution in [-0.4, -0.2) is 36.1 Å². The molecule has 8 heteroatoms. The first-order valence-electron chi connectivity index (χ1n) is 9.80. The second-order valence-corrected chi connectivity index (χ2v) is 8.51. The summed E-state index contributed by atoms with van der Waals surface area (Å²) in [6, 6.07) is 10.3. The van der Waals surface area contributed by atoms with Gasteiger partial charge < -0.3 is 20.1 Å². The lowest BCUT2D eigenvalue weighted by Gasteiger charge is -2.21. The Bertz CT molecular complexity index is 1070. The Kier molecular flexibility index (Phi) is 5.59. The Labute approximate surface area is 178 Å². The van der Waals surface area contributed by atoms with Gasteiger partial charge in [0.2, 0.25) is 5.91 Å². The number of nitrogens with zero attached hydrogens (tertiary/aromatic N) is 1. The molecule has 0 aliphatic carbocycles. The minimum absolute atomic E-state index is 0.0959. The summed E-state index contributed by atoms with van der Waals surface area (Å²) < 4.78 is 12.1. The zero-order chi connectivity index (χ0) is 21.3. The molecule has 156 valence electrons. The van der Waals surface area contributed by atoms with Gasteiger partial charge in [0.15, 0.2) is 16.6 Å². The van der Waals surface area contributed by atoms with Gasteiger partial charge in [0.1, 0.15) is 19.3 Å². The average molecular weight is 426 g/mol. The molecule has 1 aliphatic heterocycles. The average Bonchev–Trinajstić information content (AvgIpc) is 3.10. The number of fused-ring (bicyclic) bond motifs is 2. The van der Waals surface area contributed by atoms with Crippen LogP contribution in [0.1, 0.15) is 29.8 Å². The SMILES string of the molecule is Cc1ccccc1C(=O)N[C@@H](C(=O)Nc1nc2cc3c(cc2s1)OCCO3)C(C)C. The lowest BCUT2D eigenvalue weighted by Crippen LogP contribution is -2.47. The number of aryl methyl sites for hydroxylation is 1. The quantitative estimate of drug-likeness (QED) is 0.650. The molecular weight excluding hydrogens is 402 g/mol. The van der Waals surface area contributed by atoms with E-state index < -0.39 is 6.04 Å². The van der Waals surface area contributed by atoms with E-state index in [9.17, 15) is 9.59 Å². The number of aromatic nitrogens is 1. The second kappa shape index (κ2) is 8.31. The summed E-state index contributed by atoms with van der Waals surface area (Å²) in [6.07, 6.45) is 0. The van der Waals surface area contributed by atoms with Crippen molar-refractivity contribution >= 4 is 38.5 Å². The Morgan fingerprint density at radius 2 is 1.80 bits per heavy atom. The van der Waals surface area contributed by atoms with Gasteiger partial charge in [-0.1, -0.05) is 43.4 Å². The summed E-state index contributed by atoms with van der Waals surface area (Å²) in [5.41, 5.74) is 2.14. The van der Waals surface area contributed by atoms with Crippen LogP contribution < -0.4 is 20.1 Å². The number of carbonyl (C=O) groups is 2. The van der Waals surface area contributed by atoms with Crippen molar-refractivity contribution < 1.29 is 19.1 Å². The fourth-order valence-corrected chi connectivity index (χ4v) is 4.16. The number of rotatable bonds is 5. The third-order valence-electron chi connectivity index (χ3n) is 4.91. The summed E-state index contributed by atoms with van der Waals surface area (Å²) in [5.74, 6) is 0.668. The normalized spacial score (nSPS) is 13.9. The molecule has 30 heavy (non-hydrogen) atoms. The molecule has 3 aromatic rings. The number of nitrogens with one attached hydrogen (secondary N) is 2. The summed E-state index contributed by atoms with van der Waals surface area (Å²) >= 11 is 1.35. The fourth-order valence-electron chi connectivity index (χ4n) is 3.28. The smallest absolute Gasteiger partial charge is 0.252 e. The first kappa shape index (κ1) is 20.2. The number of hydrogen-bond donors (Lipinski definition) is 2. The van der Waals surface area contributed by atoms with Gasteiger partial charge in [-0.3, -0.25) is 9.59 Å². The molecule has 0 saturated carbocycles. The van der Waals surface area contributed by atoms with E-state index in [4.69, 9.17) is 9.47 Å². The first-order valence-corrected chi connectivity index (χ1v) is 10.6. The van der Waals surface area contributed by atoms with Gasteiger partial charge in [-0.15, -0.1) is 0 Å². The number of amides is 2. The van der Waals surface area contributed by atoms with E-state index in [-0.39, 0.29) is 17.7 Å². The molecule has 0 radical (unpaired) electrons. The summed E-state index contributed by atoms with van der Waals surface area (Å²) in [6.45, 7) is 6.67. The molecular formula is C22H23N3O4S. The molecule has 1 atom stereocenters. The van der Waals surface area contributed by atoms with E-state index in [0.717, 1.165) is 15.8 Å². The Morgan fingerprint density at radius 1 is 1.10 bits per heavy atom. The Morgan fingerprint density at radius 3 is 2.50 bits per heavy atom. The third-order valence-corrected chi connectivity index (χ3v) is 5.84. The molecule has 0 unspecified atom stereocenters. The molecule has 2 N–H and O–H groups in total. The van der Waals surface area contributed by atoms with Crippen LogP contribution in [0.15, 0.2) is 36.4 Å². The van der Waals surface area contributed by atoms with E-state index >= 15 is 0 Å². The minimum Gasteiger partial charge on any atom is -0.486 e. The van der Waals surface area contributed by atoms with Crippen LogP contribution >= 0.6 is 11.3 Å². The van der Waals surface area contributed by atoms with Crippen molar-refractivity contribution in [1.29, 1.82) is 0 Å². The van der Waals surface area contributed by atoms with Crippen molar-refractivity contribution in [1.82, 2.24) is 10.3 Å². The molecule has 2 amide bonds. The van der Waals surface area contributed by atoms with Gasteiger partial charge in [-0.2, -0.15) is 0 Å². The van der Waals surface area contributed by atoms with Crippen LogP contribution in [0.3, 0.4) is 0 Å². The highest BCUT2D eigenvalue weighted by Crippen LogP contribution is 2.37. The van der Waals surface area contributed by atoms with E-state index in [0.29, 0.717) is 35.4 Å².